The topological polar surface area (TPSA) is 92.1 Å². The largest absolute Gasteiger partial charge is 0.507 e. The summed E-state index contributed by atoms with van der Waals surface area (Å²) in [7, 11) is 4.73. The zero-order valence-corrected chi connectivity index (χ0v) is 22.6. The number of ether oxygens (including phenoxy) is 3. The van der Waals surface area contributed by atoms with Crippen LogP contribution in [0.4, 0.5) is 5.69 Å². The first-order chi connectivity index (χ1) is 18.9. The summed E-state index contributed by atoms with van der Waals surface area (Å²) >= 11 is 0. The molecule has 1 heterocycles. The summed E-state index contributed by atoms with van der Waals surface area (Å²) in [4.78, 5) is 15.5. The zero-order chi connectivity index (χ0) is 27.7. The number of carbonyl (C=O) groups is 1. The highest BCUT2D eigenvalue weighted by atomic mass is 16.5. The molecular weight excluding hydrogens is 492 g/mol. The van der Waals surface area contributed by atoms with Crippen molar-refractivity contribution in [3.8, 4) is 17.2 Å². The lowest BCUT2D eigenvalue weighted by Crippen LogP contribution is -2.42. The maximum Gasteiger partial charge on any atom is 0.161 e. The second-order valence-electron chi connectivity index (χ2n) is 9.66. The van der Waals surface area contributed by atoms with Crippen LogP contribution in [0.15, 0.2) is 83.6 Å². The van der Waals surface area contributed by atoms with Gasteiger partial charge in [0.25, 0.3) is 0 Å². The number of nitrogens with zero attached hydrogens (tertiary/aromatic N) is 1. The number of ketones is 1. The standard InChI is InChI=1S/C32H32N2O5/c1-19-12-14-20(15-13-19)31(36)30-28(22-8-5-6-11-26(22)38-3)29-23(9-7-10-25(29)35)34(32(30)33)24-18-21(37-2)16-17-27(24)39-4/h5-6,8,11-18,28,33,36H,7,9-10H2,1-4H3/b31-30+,33-32?. The molecule has 3 aromatic carbocycles. The predicted molar refractivity (Wildman–Crippen MR) is 152 cm³/mol. The third-order valence-electron chi connectivity index (χ3n) is 7.41. The van der Waals surface area contributed by atoms with Gasteiger partial charge < -0.3 is 19.3 Å². The Hall–Kier alpha value is -4.52. The lowest BCUT2D eigenvalue weighted by Gasteiger charge is -2.42. The Morgan fingerprint density at radius 2 is 1.64 bits per heavy atom. The molecule has 0 amide bonds. The molecule has 39 heavy (non-hydrogen) atoms. The molecule has 1 aliphatic carbocycles. The van der Waals surface area contributed by atoms with E-state index >= 15 is 0 Å². The van der Waals surface area contributed by atoms with E-state index in [1.165, 1.54) is 0 Å². The minimum absolute atomic E-state index is 0.0132. The molecule has 7 nitrogen and oxygen atoms in total. The molecular formula is C32H32N2O5. The molecule has 5 rings (SSSR count). The first-order valence-electron chi connectivity index (χ1n) is 12.9. The second-order valence-corrected chi connectivity index (χ2v) is 9.66. The maximum atomic E-state index is 13.8. The number of aliphatic hydroxyl groups is 1. The van der Waals surface area contributed by atoms with Gasteiger partial charge in [-0.15, -0.1) is 0 Å². The van der Waals surface area contributed by atoms with Crippen LogP contribution in [0.25, 0.3) is 5.76 Å². The number of aliphatic hydroxyl groups excluding tert-OH is 1. The minimum Gasteiger partial charge on any atom is -0.507 e. The number of nitrogens with one attached hydrogen (secondary N) is 1. The van der Waals surface area contributed by atoms with Crippen LogP contribution in [-0.4, -0.2) is 38.1 Å². The highest BCUT2D eigenvalue weighted by molar-refractivity contribution is 6.20. The molecule has 1 unspecified atom stereocenters. The van der Waals surface area contributed by atoms with E-state index in [0.29, 0.717) is 58.9 Å². The Balaban J connectivity index is 1.88. The van der Waals surface area contributed by atoms with Gasteiger partial charge in [0.1, 0.15) is 28.8 Å². The molecule has 3 aromatic rings. The van der Waals surface area contributed by atoms with E-state index in [0.717, 1.165) is 16.8 Å². The number of allylic oxidation sites excluding steroid dienone is 2. The smallest absolute Gasteiger partial charge is 0.161 e. The molecule has 2 N–H and O–H groups in total. The van der Waals surface area contributed by atoms with Gasteiger partial charge in [-0.2, -0.15) is 0 Å². The maximum absolute atomic E-state index is 13.8. The van der Waals surface area contributed by atoms with Crippen LogP contribution in [0.5, 0.6) is 17.2 Å². The van der Waals surface area contributed by atoms with Crippen LogP contribution < -0.4 is 19.1 Å². The molecule has 0 saturated heterocycles. The van der Waals surface area contributed by atoms with Crippen molar-refractivity contribution >= 4 is 23.1 Å². The molecule has 200 valence electrons. The summed E-state index contributed by atoms with van der Waals surface area (Å²) < 4.78 is 16.9. The average Bonchev–Trinajstić information content (AvgIpc) is 2.96. The van der Waals surface area contributed by atoms with Gasteiger partial charge in [-0.1, -0.05) is 48.0 Å². The number of hydrogen-bond acceptors (Lipinski definition) is 6. The van der Waals surface area contributed by atoms with E-state index < -0.39 is 5.92 Å². The number of benzene rings is 3. The highest BCUT2D eigenvalue weighted by Gasteiger charge is 2.44. The molecule has 1 aliphatic heterocycles. The number of para-hydroxylation sites is 1. The first kappa shape index (κ1) is 26.1. The molecule has 0 bridgehead atoms. The van der Waals surface area contributed by atoms with Gasteiger partial charge in [-0.05, 0) is 38.0 Å². The minimum atomic E-state index is -0.689. The highest BCUT2D eigenvalue weighted by Crippen LogP contribution is 2.51. The monoisotopic (exact) mass is 524 g/mol. The number of amidine groups is 1. The number of aryl methyl sites for hydroxylation is 1. The lowest BCUT2D eigenvalue weighted by molar-refractivity contribution is -0.116. The van der Waals surface area contributed by atoms with Gasteiger partial charge in [0.15, 0.2) is 5.78 Å². The van der Waals surface area contributed by atoms with Crippen molar-refractivity contribution in [3.63, 3.8) is 0 Å². The van der Waals surface area contributed by atoms with Gasteiger partial charge in [-0.25, -0.2) is 0 Å². The van der Waals surface area contributed by atoms with Gasteiger partial charge >= 0.3 is 0 Å². The molecule has 0 spiro atoms. The van der Waals surface area contributed by atoms with Crippen molar-refractivity contribution in [2.75, 3.05) is 26.2 Å². The molecule has 7 heteroatoms. The Labute approximate surface area is 228 Å². The van der Waals surface area contributed by atoms with E-state index in [2.05, 4.69) is 0 Å². The number of hydrogen-bond donors (Lipinski definition) is 2. The molecule has 0 fully saturated rings. The summed E-state index contributed by atoms with van der Waals surface area (Å²) in [5.41, 5.74) is 4.49. The van der Waals surface area contributed by atoms with Crippen molar-refractivity contribution in [2.24, 2.45) is 0 Å². The first-order valence-corrected chi connectivity index (χ1v) is 12.9. The van der Waals surface area contributed by atoms with Gasteiger partial charge in [0.2, 0.25) is 0 Å². The lowest BCUT2D eigenvalue weighted by atomic mass is 9.73. The molecule has 1 atom stereocenters. The van der Waals surface area contributed by atoms with E-state index in [1.54, 1.807) is 44.4 Å². The van der Waals surface area contributed by atoms with Crippen LogP contribution in [0.2, 0.25) is 0 Å². The summed E-state index contributed by atoms with van der Waals surface area (Å²) in [6.07, 6.45) is 1.64. The van der Waals surface area contributed by atoms with Crippen LogP contribution in [0.1, 0.15) is 41.9 Å². The second kappa shape index (κ2) is 10.7. The third-order valence-corrected chi connectivity index (χ3v) is 7.41. The Bertz CT molecular complexity index is 1500. The summed E-state index contributed by atoms with van der Waals surface area (Å²) in [5, 5.41) is 21.4. The summed E-state index contributed by atoms with van der Waals surface area (Å²) in [5.74, 6) is 0.989. The van der Waals surface area contributed by atoms with Gasteiger partial charge in [-0.3, -0.25) is 15.1 Å². The molecule has 0 radical (unpaired) electrons. The zero-order valence-electron chi connectivity index (χ0n) is 22.6. The number of rotatable bonds is 6. The fourth-order valence-corrected chi connectivity index (χ4v) is 5.51. The quantitative estimate of drug-likeness (QED) is 0.354. The van der Waals surface area contributed by atoms with E-state index in [-0.39, 0.29) is 17.4 Å². The fourth-order valence-electron chi connectivity index (χ4n) is 5.51. The van der Waals surface area contributed by atoms with Crippen molar-refractivity contribution < 1.29 is 24.1 Å². The van der Waals surface area contributed by atoms with Crippen LogP contribution in [0, 0.1) is 12.3 Å². The Kier molecular flexibility index (Phi) is 7.15. The molecule has 2 aliphatic rings. The summed E-state index contributed by atoms with van der Waals surface area (Å²) in [6.45, 7) is 1.98. The third kappa shape index (κ3) is 4.54. The van der Waals surface area contributed by atoms with Gasteiger partial charge in [0, 0.05) is 40.5 Å². The Morgan fingerprint density at radius 3 is 2.33 bits per heavy atom. The summed E-state index contributed by atoms with van der Waals surface area (Å²) in [6, 6.07) is 20.3. The Morgan fingerprint density at radius 1 is 0.923 bits per heavy atom. The SMILES string of the molecule is COc1ccc(OC)c(N2C(=N)/C(=C(/O)c3ccc(C)cc3)C(c3ccccc3OC)C3=C2CCCC3=O)c1. The van der Waals surface area contributed by atoms with Crippen LogP contribution in [0.3, 0.4) is 0 Å². The number of anilines is 1. The molecule has 0 saturated carbocycles. The van der Waals surface area contributed by atoms with Crippen molar-refractivity contribution in [1.82, 2.24) is 0 Å². The molecule has 0 aromatic heterocycles. The average molecular weight is 525 g/mol. The van der Waals surface area contributed by atoms with E-state index in [9.17, 15) is 15.3 Å². The number of carbonyl (C=O) groups excluding carboxylic acids is 1. The fraction of sp³-hybridized carbons (Fsp3) is 0.250. The van der Waals surface area contributed by atoms with Crippen LogP contribution in [-0.2, 0) is 4.79 Å². The van der Waals surface area contributed by atoms with E-state index in [1.807, 2.05) is 55.5 Å². The van der Waals surface area contributed by atoms with Crippen molar-refractivity contribution in [3.05, 3.63) is 100 Å². The van der Waals surface area contributed by atoms with Crippen molar-refractivity contribution in [1.29, 1.82) is 5.41 Å². The number of methoxy groups -OCH3 is 3. The van der Waals surface area contributed by atoms with Crippen LogP contribution >= 0.6 is 0 Å². The van der Waals surface area contributed by atoms with Crippen molar-refractivity contribution in [2.45, 2.75) is 32.1 Å². The van der Waals surface area contributed by atoms with Gasteiger partial charge in [0.05, 0.1) is 32.9 Å². The predicted octanol–water partition coefficient (Wildman–Crippen LogP) is 6.58. The van der Waals surface area contributed by atoms with E-state index in [4.69, 9.17) is 14.2 Å². The number of Topliss-reactive ketones (excluding diaryl/α,β-unsaturated/α-hetero) is 1. The normalized spacial score (nSPS) is 18.6.